The fourth-order valence-electron chi connectivity index (χ4n) is 14.8. The maximum Gasteiger partial charge on any atom is 0.160 e. The quantitative estimate of drug-likeness (QED) is 0.176. The largest absolute Gasteiger partial charge is 0.454 e. The van der Waals surface area contributed by atoms with E-state index >= 15 is 0 Å². The van der Waals surface area contributed by atoms with Crippen molar-refractivity contribution in [2.45, 2.75) is 78.6 Å². The Bertz CT molecular complexity index is 5770. The topological polar surface area (TPSA) is 80.4 Å². The summed E-state index contributed by atoms with van der Waals surface area (Å²) in [6, 6.07) is 78.0. The van der Waals surface area contributed by atoms with Gasteiger partial charge in [0.15, 0.2) is 5.58 Å². The van der Waals surface area contributed by atoms with Crippen LogP contribution in [0.2, 0.25) is 0 Å². The van der Waals surface area contributed by atoms with Gasteiger partial charge in [-0.15, -0.1) is 11.3 Å². The Morgan fingerprint density at radius 1 is 0.352 bits per heavy atom. The molecule has 0 aliphatic carbocycles. The Morgan fingerprint density at radius 3 is 1.28 bits per heavy atom. The number of nitrogens with zero attached hydrogens (tertiary/aromatic N) is 6. The Balaban J connectivity index is 1.22. The molecule has 0 atom stereocenters. The highest BCUT2D eigenvalue weighted by atomic mass is 32.1. The van der Waals surface area contributed by atoms with Gasteiger partial charge in [-0.1, -0.05) is 190 Å². The number of hydrogen-bond donors (Lipinski definition) is 0. The third-order valence-corrected chi connectivity index (χ3v) is 20.0. The summed E-state index contributed by atoms with van der Waals surface area (Å²) in [6.07, 6.45) is 0. The molecule has 6 heterocycles. The van der Waals surface area contributed by atoms with Crippen LogP contribution in [0.15, 0.2) is 205 Å². The molecule has 7 nitrogen and oxygen atoms in total. The van der Waals surface area contributed by atoms with E-state index in [9.17, 15) is 10.5 Å². The maximum absolute atomic E-state index is 13.1. The number of nitriles is 2. The molecule has 8 heteroatoms. The predicted molar refractivity (Wildman–Crippen MR) is 369 cm³/mol. The fraction of sp³-hybridized carbons (Fsp3) is 0.150. The van der Waals surface area contributed by atoms with Crippen molar-refractivity contribution >= 4 is 141 Å². The number of rotatable bonds is 4. The lowest BCUT2D eigenvalue weighted by atomic mass is 9.82. The predicted octanol–water partition coefficient (Wildman–Crippen LogP) is 22.0. The number of benzene rings is 11. The molecular formula is C80H60N6OS. The van der Waals surface area contributed by atoms with Crippen molar-refractivity contribution in [1.29, 1.82) is 10.5 Å². The molecule has 0 spiro atoms. The van der Waals surface area contributed by atoms with Crippen LogP contribution in [0, 0.1) is 22.7 Å². The minimum Gasteiger partial charge on any atom is -0.454 e. The van der Waals surface area contributed by atoms with E-state index in [0.29, 0.717) is 39.5 Å². The molecule has 0 unspecified atom stereocenters. The van der Waals surface area contributed by atoms with Crippen molar-refractivity contribution in [1.82, 2.24) is 18.3 Å². The number of fused-ring (bicyclic) bond motifs is 20. The van der Waals surface area contributed by atoms with Gasteiger partial charge in [-0.3, -0.25) is 0 Å². The van der Waals surface area contributed by atoms with Crippen LogP contribution >= 0.6 is 11.3 Å². The lowest BCUT2D eigenvalue weighted by molar-refractivity contribution is 0.591. The van der Waals surface area contributed by atoms with Crippen molar-refractivity contribution in [2.24, 2.45) is 0 Å². The van der Waals surface area contributed by atoms with Gasteiger partial charge in [-0.05, 0) is 106 Å². The van der Waals surface area contributed by atoms with Crippen LogP contribution in [0.4, 0.5) is 0 Å². The van der Waals surface area contributed by atoms with Gasteiger partial charge in [0, 0.05) is 69.3 Å². The van der Waals surface area contributed by atoms with E-state index in [4.69, 9.17) is 4.42 Å². The van der Waals surface area contributed by atoms with E-state index in [1.54, 1.807) is 0 Å². The summed E-state index contributed by atoms with van der Waals surface area (Å²) in [7, 11) is 0. The Kier molecular flexibility index (Phi) is 10.7. The van der Waals surface area contributed by atoms with Crippen LogP contribution in [0.1, 0.15) is 90.1 Å². The summed E-state index contributed by atoms with van der Waals surface area (Å²) >= 11 is 1.82. The molecular weight excluding hydrogens is 1090 g/mol. The molecule has 0 bridgehead atoms. The molecule has 6 aromatic heterocycles. The molecule has 0 saturated heterocycles. The second-order valence-electron chi connectivity index (χ2n) is 27.1. The van der Waals surface area contributed by atoms with Gasteiger partial charge in [-0.2, -0.15) is 10.5 Å². The average Bonchev–Trinajstić information content (AvgIpc) is 1.48. The van der Waals surface area contributed by atoms with Crippen LogP contribution < -0.4 is 0 Å². The van der Waals surface area contributed by atoms with E-state index < -0.39 is 0 Å². The highest BCUT2D eigenvalue weighted by Gasteiger charge is 2.37. The molecule has 0 fully saturated rings. The second-order valence-corrected chi connectivity index (χ2v) is 28.1. The van der Waals surface area contributed by atoms with Crippen LogP contribution in [-0.4, -0.2) is 18.3 Å². The first kappa shape index (κ1) is 52.0. The molecule has 0 aliphatic heterocycles. The summed E-state index contributed by atoms with van der Waals surface area (Å²) in [6.45, 7) is 20.6. The monoisotopic (exact) mass is 1150 g/mol. The van der Waals surface area contributed by atoms with Crippen molar-refractivity contribution in [2.75, 3.05) is 0 Å². The summed E-state index contributed by atoms with van der Waals surface area (Å²) in [5.41, 5.74) is 15.0. The Morgan fingerprint density at radius 2 is 0.784 bits per heavy atom. The second kappa shape index (κ2) is 18.1. The summed E-state index contributed by atoms with van der Waals surface area (Å²) in [5.74, 6) is 0. The maximum atomic E-state index is 13.1. The molecule has 88 heavy (non-hydrogen) atoms. The highest BCUT2D eigenvalue weighted by Crippen LogP contribution is 2.54. The van der Waals surface area contributed by atoms with Gasteiger partial charge in [-0.25, -0.2) is 0 Å². The Labute approximate surface area is 512 Å². The lowest BCUT2D eigenvalue weighted by Gasteiger charge is -2.27. The zero-order chi connectivity index (χ0) is 60.0. The van der Waals surface area contributed by atoms with Gasteiger partial charge in [0.05, 0.1) is 71.6 Å². The number of para-hydroxylation sites is 5. The minimum absolute atomic E-state index is 0.190. The summed E-state index contributed by atoms with van der Waals surface area (Å²) < 4.78 is 18.9. The molecule has 11 aromatic carbocycles. The number of aromatic nitrogens is 4. The SMILES string of the molecule is CC(C)(C)c1ccc2c(c1)c1ccc3c4ccccc4oc3c1n2-c1c(C#N)c(-n2c3ccccc3c3ccccc32)c(-n2c3ccc(C(C)(C)C)cc3c3cc(C(C)(C)C)c4c5ccccc5sc4c32)c(-n2c3ccccc3c3ccccc32)c1C#N. The van der Waals surface area contributed by atoms with Crippen LogP contribution in [-0.2, 0) is 16.2 Å². The van der Waals surface area contributed by atoms with Crippen molar-refractivity contribution in [3.8, 4) is 34.9 Å². The van der Waals surface area contributed by atoms with Crippen LogP contribution in [0.3, 0.4) is 0 Å². The van der Waals surface area contributed by atoms with Crippen LogP contribution in [0.5, 0.6) is 0 Å². The van der Waals surface area contributed by atoms with Crippen LogP contribution in [0.25, 0.3) is 152 Å². The third kappa shape index (κ3) is 7.04. The van der Waals surface area contributed by atoms with Gasteiger partial charge >= 0.3 is 0 Å². The molecule has 0 aliphatic rings. The van der Waals surface area contributed by atoms with Crippen molar-refractivity contribution in [3.05, 3.63) is 228 Å². The average molecular weight is 1150 g/mol. The molecule has 0 saturated carbocycles. The van der Waals surface area contributed by atoms with Crippen molar-refractivity contribution < 1.29 is 4.42 Å². The molecule has 0 radical (unpaired) electrons. The minimum atomic E-state index is -0.251. The first-order valence-electron chi connectivity index (χ1n) is 30.4. The summed E-state index contributed by atoms with van der Waals surface area (Å²) in [4.78, 5) is 0. The molecule has 422 valence electrons. The first-order valence-corrected chi connectivity index (χ1v) is 31.2. The smallest absolute Gasteiger partial charge is 0.160 e. The third-order valence-electron chi connectivity index (χ3n) is 18.9. The zero-order valence-electron chi connectivity index (χ0n) is 50.6. The van der Waals surface area contributed by atoms with Gasteiger partial charge < -0.3 is 22.7 Å². The van der Waals surface area contributed by atoms with E-state index in [-0.39, 0.29) is 16.2 Å². The number of furan rings is 1. The standard InChI is InChI=1S/C80H60N6OS/c1-78(2,3)45-34-38-65-55(40-45)52-36-37-53-51-26-14-20-32-67(51)87-76(53)73(52)85(65)70-58(43-81)71(83-61-28-16-10-22-47(61)48-23-11-17-29-62(48)83)75(72(59(70)44-82)84-63-30-18-12-24-49(63)50-25-13-19-31-64(50)84)86-66-39-35-46(79(4,5)6)41-56(66)57-42-60(80(7,8)9)69-54-27-15-21-33-68(54)88-77(69)74(57)86/h10-42H,1-9H3. The molecule has 0 amide bonds. The highest BCUT2D eigenvalue weighted by molar-refractivity contribution is 7.26. The van der Waals surface area contributed by atoms with E-state index in [2.05, 4.69) is 281 Å². The van der Waals surface area contributed by atoms with Gasteiger partial charge in [0.1, 0.15) is 28.8 Å². The molecule has 0 N–H and O–H groups in total. The van der Waals surface area contributed by atoms with Gasteiger partial charge in [0.25, 0.3) is 0 Å². The zero-order valence-corrected chi connectivity index (χ0v) is 51.4. The molecule has 17 rings (SSSR count). The van der Waals surface area contributed by atoms with Gasteiger partial charge in [0.2, 0.25) is 0 Å². The Hall–Kier alpha value is -10.4. The van der Waals surface area contributed by atoms with E-state index in [1.807, 2.05) is 23.5 Å². The number of thiophene rings is 1. The number of hydrogen-bond acceptors (Lipinski definition) is 4. The van der Waals surface area contributed by atoms with Crippen molar-refractivity contribution in [3.63, 3.8) is 0 Å². The van der Waals surface area contributed by atoms with E-state index in [1.165, 1.54) is 32.2 Å². The van der Waals surface area contributed by atoms with E-state index in [0.717, 1.165) is 108 Å². The first-order chi connectivity index (χ1) is 42.5. The fourth-order valence-corrected chi connectivity index (χ4v) is 16.0. The lowest BCUT2D eigenvalue weighted by Crippen LogP contribution is -2.17. The molecule has 17 aromatic rings. The summed E-state index contributed by atoms with van der Waals surface area (Å²) in [5, 5.41) is 38.9. The normalized spacial score (nSPS) is 12.8.